The van der Waals surface area contributed by atoms with Gasteiger partial charge in [0.05, 0.1) is 6.61 Å². The van der Waals surface area contributed by atoms with Gasteiger partial charge in [0.2, 0.25) is 0 Å². The molecule has 1 aliphatic rings. The zero-order valence-electron chi connectivity index (χ0n) is 9.63. The first kappa shape index (κ1) is 12.0. The molecule has 0 aromatic carbocycles. The van der Waals surface area contributed by atoms with E-state index in [0.29, 0.717) is 12.1 Å². The molecule has 1 aliphatic carbocycles. The van der Waals surface area contributed by atoms with Gasteiger partial charge >= 0.3 is 0 Å². The van der Waals surface area contributed by atoms with E-state index in [1.165, 1.54) is 32.1 Å². The Morgan fingerprint density at radius 3 is 2.43 bits per heavy atom. The molecule has 1 rings (SSSR count). The third-order valence-electron chi connectivity index (χ3n) is 3.57. The Labute approximate surface area is 88.1 Å². The van der Waals surface area contributed by atoms with Crippen LogP contribution in [0.3, 0.4) is 0 Å². The lowest BCUT2D eigenvalue weighted by atomic mass is 9.84. The van der Waals surface area contributed by atoms with Crippen molar-refractivity contribution in [2.24, 2.45) is 5.92 Å². The lowest BCUT2D eigenvalue weighted by molar-refractivity contribution is 0.200. The lowest BCUT2D eigenvalue weighted by Crippen LogP contribution is -2.43. The Morgan fingerprint density at radius 2 is 1.93 bits per heavy atom. The Hall–Kier alpha value is -0.0800. The molecule has 0 spiro atoms. The molecule has 0 bridgehead atoms. The average Bonchev–Trinajstić information content (AvgIpc) is 2.26. The van der Waals surface area contributed by atoms with Crippen molar-refractivity contribution in [3.63, 3.8) is 0 Å². The molecule has 0 radical (unpaired) electrons. The SMILES string of the molecule is CC[C@H](CO)NC(C)C1CCCCC1. The van der Waals surface area contributed by atoms with Crippen molar-refractivity contribution in [3.05, 3.63) is 0 Å². The van der Waals surface area contributed by atoms with E-state index in [4.69, 9.17) is 5.11 Å². The van der Waals surface area contributed by atoms with E-state index in [9.17, 15) is 0 Å². The van der Waals surface area contributed by atoms with Crippen LogP contribution >= 0.6 is 0 Å². The largest absolute Gasteiger partial charge is 0.395 e. The normalized spacial score (nSPS) is 23.4. The van der Waals surface area contributed by atoms with Crippen LogP contribution in [0.4, 0.5) is 0 Å². The summed E-state index contributed by atoms with van der Waals surface area (Å²) < 4.78 is 0. The summed E-state index contributed by atoms with van der Waals surface area (Å²) in [6.45, 7) is 4.67. The van der Waals surface area contributed by atoms with Gasteiger partial charge in [0.25, 0.3) is 0 Å². The fraction of sp³-hybridized carbons (Fsp3) is 1.00. The zero-order valence-corrected chi connectivity index (χ0v) is 9.63. The highest BCUT2D eigenvalue weighted by molar-refractivity contribution is 4.78. The predicted octanol–water partition coefficient (Wildman–Crippen LogP) is 2.32. The number of nitrogens with one attached hydrogen (secondary N) is 1. The molecule has 0 saturated heterocycles. The monoisotopic (exact) mass is 199 g/mol. The van der Waals surface area contributed by atoms with Crippen LogP contribution in [-0.2, 0) is 0 Å². The van der Waals surface area contributed by atoms with Crippen molar-refractivity contribution in [1.29, 1.82) is 0 Å². The van der Waals surface area contributed by atoms with Gasteiger partial charge in [-0.2, -0.15) is 0 Å². The molecule has 0 aromatic rings. The first-order valence-corrected chi connectivity index (χ1v) is 6.14. The summed E-state index contributed by atoms with van der Waals surface area (Å²) in [5.41, 5.74) is 0. The summed E-state index contributed by atoms with van der Waals surface area (Å²) in [5, 5.41) is 12.6. The highest BCUT2D eigenvalue weighted by Gasteiger charge is 2.21. The summed E-state index contributed by atoms with van der Waals surface area (Å²) >= 11 is 0. The zero-order chi connectivity index (χ0) is 10.4. The highest BCUT2D eigenvalue weighted by atomic mass is 16.3. The van der Waals surface area contributed by atoms with E-state index >= 15 is 0 Å². The minimum atomic E-state index is 0.271. The number of aliphatic hydroxyl groups is 1. The van der Waals surface area contributed by atoms with Crippen molar-refractivity contribution in [3.8, 4) is 0 Å². The Bertz CT molecular complexity index is 139. The number of hydrogen-bond donors (Lipinski definition) is 2. The maximum atomic E-state index is 9.11. The van der Waals surface area contributed by atoms with Crippen molar-refractivity contribution in [1.82, 2.24) is 5.32 Å². The molecule has 1 saturated carbocycles. The third-order valence-corrected chi connectivity index (χ3v) is 3.57. The molecule has 0 amide bonds. The molecule has 2 N–H and O–H groups in total. The first-order chi connectivity index (χ1) is 6.77. The second-order valence-corrected chi connectivity index (χ2v) is 4.64. The molecule has 2 atom stereocenters. The highest BCUT2D eigenvalue weighted by Crippen LogP contribution is 2.26. The van der Waals surface area contributed by atoms with E-state index < -0.39 is 0 Å². The van der Waals surface area contributed by atoms with Crippen LogP contribution in [0.2, 0.25) is 0 Å². The minimum Gasteiger partial charge on any atom is -0.395 e. The van der Waals surface area contributed by atoms with Crippen LogP contribution in [0.25, 0.3) is 0 Å². The Morgan fingerprint density at radius 1 is 1.29 bits per heavy atom. The number of rotatable bonds is 5. The molecule has 0 aromatic heterocycles. The fourth-order valence-corrected chi connectivity index (χ4v) is 2.44. The van der Waals surface area contributed by atoms with Crippen molar-refractivity contribution < 1.29 is 5.11 Å². The lowest BCUT2D eigenvalue weighted by Gasteiger charge is -2.31. The minimum absolute atomic E-state index is 0.271. The van der Waals surface area contributed by atoms with Crippen LogP contribution in [0, 0.1) is 5.92 Å². The van der Waals surface area contributed by atoms with Crippen LogP contribution in [-0.4, -0.2) is 23.8 Å². The van der Waals surface area contributed by atoms with E-state index in [0.717, 1.165) is 12.3 Å². The average molecular weight is 199 g/mol. The second kappa shape index (κ2) is 6.41. The molecule has 2 nitrogen and oxygen atoms in total. The summed E-state index contributed by atoms with van der Waals surface area (Å²) in [7, 11) is 0. The van der Waals surface area contributed by atoms with Gasteiger partial charge in [0, 0.05) is 12.1 Å². The maximum Gasteiger partial charge on any atom is 0.0584 e. The predicted molar refractivity (Wildman–Crippen MR) is 60.3 cm³/mol. The fourth-order valence-electron chi connectivity index (χ4n) is 2.44. The van der Waals surface area contributed by atoms with Crippen LogP contribution in [0.5, 0.6) is 0 Å². The summed E-state index contributed by atoms with van der Waals surface area (Å²) in [5.74, 6) is 0.837. The van der Waals surface area contributed by atoms with Crippen LogP contribution in [0.15, 0.2) is 0 Å². The van der Waals surface area contributed by atoms with E-state index in [-0.39, 0.29) is 6.61 Å². The van der Waals surface area contributed by atoms with Gasteiger partial charge in [-0.3, -0.25) is 0 Å². The molecule has 1 fully saturated rings. The van der Waals surface area contributed by atoms with Gasteiger partial charge in [0.15, 0.2) is 0 Å². The van der Waals surface area contributed by atoms with Crippen molar-refractivity contribution in [2.75, 3.05) is 6.61 Å². The summed E-state index contributed by atoms with van der Waals surface area (Å²) in [4.78, 5) is 0. The standard InChI is InChI=1S/C12H25NO/c1-3-12(9-14)13-10(2)11-7-5-4-6-8-11/h10-14H,3-9H2,1-2H3/t10?,12-/m1/s1. The molecular weight excluding hydrogens is 174 g/mol. The van der Waals surface area contributed by atoms with Gasteiger partial charge in [-0.05, 0) is 32.1 Å². The topological polar surface area (TPSA) is 32.3 Å². The summed E-state index contributed by atoms with van der Waals surface area (Å²) in [6, 6.07) is 0.874. The summed E-state index contributed by atoms with van der Waals surface area (Å²) in [6.07, 6.45) is 7.97. The molecule has 14 heavy (non-hydrogen) atoms. The van der Waals surface area contributed by atoms with E-state index in [2.05, 4.69) is 19.2 Å². The van der Waals surface area contributed by atoms with Gasteiger partial charge in [0.1, 0.15) is 0 Å². The van der Waals surface area contributed by atoms with E-state index in [1.54, 1.807) is 0 Å². The van der Waals surface area contributed by atoms with Gasteiger partial charge in [-0.15, -0.1) is 0 Å². The quantitative estimate of drug-likeness (QED) is 0.712. The van der Waals surface area contributed by atoms with Gasteiger partial charge in [-0.1, -0.05) is 26.2 Å². The molecule has 84 valence electrons. The first-order valence-electron chi connectivity index (χ1n) is 6.14. The van der Waals surface area contributed by atoms with Crippen LogP contribution in [0.1, 0.15) is 52.4 Å². The van der Waals surface area contributed by atoms with E-state index in [1.807, 2.05) is 0 Å². The Balaban J connectivity index is 2.27. The molecule has 2 heteroatoms. The second-order valence-electron chi connectivity index (χ2n) is 4.64. The van der Waals surface area contributed by atoms with Gasteiger partial charge < -0.3 is 10.4 Å². The molecule has 0 aliphatic heterocycles. The van der Waals surface area contributed by atoms with Crippen LogP contribution < -0.4 is 5.32 Å². The number of hydrogen-bond acceptors (Lipinski definition) is 2. The molecule has 1 unspecified atom stereocenters. The third kappa shape index (κ3) is 3.58. The van der Waals surface area contributed by atoms with Gasteiger partial charge in [-0.25, -0.2) is 0 Å². The molecular formula is C12H25NO. The maximum absolute atomic E-state index is 9.11. The number of aliphatic hydroxyl groups excluding tert-OH is 1. The smallest absolute Gasteiger partial charge is 0.0584 e. The van der Waals surface area contributed by atoms with Crippen molar-refractivity contribution >= 4 is 0 Å². The Kier molecular flexibility index (Phi) is 5.49. The molecule has 0 heterocycles. The van der Waals surface area contributed by atoms with Crippen molar-refractivity contribution in [2.45, 2.75) is 64.5 Å².